The third-order valence-electron chi connectivity index (χ3n) is 3.71. The normalized spacial score (nSPS) is 34.8. The van der Waals surface area contributed by atoms with Crippen molar-refractivity contribution < 1.29 is 10.2 Å². The van der Waals surface area contributed by atoms with Crippen LogP contribution in [0.4, 0.5) is 0 Å². The molecular weight excluding hydrogens is 200 g/mol. The molecule has 0 unspecified atom stereocenters. The standard InChI is InChI=1S/C14H16O2/c1-7-13(15)9(3)11(5)14(16,8-2)12(6)10(13)4/h1-2,15-16H,3-6H3. The quantitative estimate of drug-likeness (QED) is 0.474. The van der Waals surface area contributed by atoms with Gasteiger partial charge in [-0.1, -0.05) is 11.8 Å². The monoisotopic (exact) mass is 216 g/mol. The van der Waals surface area contributed by atoms with Crippen LogP contribution in [0.3, 0.4) is 0 Å². The summed E-state index contributed by atoms with van der Waals surface area (Å²) in [5.41, 5.74) is -0.761. The predicted octanol–water partition coefficient (Wildman–Crippen LogP) is 1.40. The van der Waals surface area contributed by atoms with Crippen LogP contribution in [0.15, 0.2) is 22.3 Å². The van der Waals surface area contributed by atoms with Crippen molar-refractivity contribution >= 4 is 0 Å². The molecule has 0 aromatic carbocycles. The van der Waals surface area contributed by atoms with Gasteiger partial charge in [0.2, 0.25) is 0 Å². The van der Waals surface area contributed by atoms with Gasteiger partial charge in [-0.3, -0.25) is 0 Å². The van der Waals surface area contributed by atoms with E-state index in [1.807, 2.05) is 0 Å². The lowest BCUT2D eigenvalue weighted by Gasteiger charge is -2.39. The molecule has 16 heavy (non-hydrogen) atoms. The molecule has 0 fully saturated rings. The molecule has 0 spiro atoms. The minimum Gasteiger partial charge on any atom is -0.370 e. The van der Waals surface area contributed by atoms with Gasteiger partial charge in [0.15, 0.2) is 11.2 Å². The molecule has 0 bridgehead atoms. The first-order chi connectivity index (χ1) is 7.25. The molecule has 2 N–H and O–H groups in total. The Hall–Kier alpha value is -1.48. The number of rotatable bonds is 0. The Labute approximate surface area is 96.7 Å². The van der Waals surface area contributed by atoms with Crippen LogP contribution >= 0.6 is 0 Å². The van der Waals surface area contributed by atoms with Gasteiger partial charge >= 0.3 is 0 Å². The molecular formula is C14H16O2. The molecule has 1 aliphatic rings. The van der Waals surface area contributed by atoms with Crippen LogP contribution in [-0.2, 0) is 0 Å². The van der Waals surface area contributed by atoms with E-state index in [1.165, 1.54) is 0 Å². The molecule has 2 heteroatoms. The summed E-state index contributed by atoms with van der Waals surface area (Å²) in [5, 5.41) is 20.7. The van der Waals surface area contributed by atoms with Gasteiger partial charge in [0.25, 0.3) is 0 Å². The van der Waals surface area contributed by atoms with Crippen LogP contribution in [0.25, 0.3) is 0 Å². The highest BCUT2D eigenvalue weighted by molar-refractivity contribution is 5.58. The van der Waals surface area contributed by atoms with E-state index in [1.54, 1.807) is 27.7 Å². The van der Waals surface area contributed by atoms with E-state index in [2.05, 4.69) is 11.8 Å². The van der Waals surface area contributed by atoms with Crippen molar-refractivity contribution in [3.05, 3.63) is 22.3 Å². The first kappa shape index (κ1) is 12.6. The van der Waals surface area contributed by atoms with Crippen molar-refractivity contribution in [2.75, 3.05) is 0 Å². The molecule has 1 rings (SSSR count). The Morgan fingerprint density at radius 2 is 0.938 bits per heavy atom. The molecule has 0 saturated carbocycles. The summed E-state index contributed by atoms with van der Waals surface area (Å²) < 4.78 is 0. The molecule has 1 aliphatic carbocycles. The highest BCUT2D eigenvalue weighted by atomic mass is 16.3. The van der Waals surface area contributed by atoms with E-state index in [9.17, 15) is 10.2 Å². The molecule has 0 radical (unpaired) electrons. The molecule has 2 nitrogen and oxygen atoms in total. The van der Waals surface area contributed by atoms with E-state index < -0.39 is 11.2 Å². The fourth-order valence-electron chi connectivity index (χ4n) is 2.08. The Morgan fingerprint density at radius 3 is 1.06 bits per heavy atom. The lowest BCUT2D eigenvalue weighted by Crippen LogP contribution is -2.44. The lowest BCUT2D eigenvalue weighted by atomic mass is 9.70. The second-order valence-corrected chi connectivity index (χ2v) is 4.21. The summed E-state index contributed by atoms with van der Waals surface area (Å²) in [7, 11) is 0. The zero-order valence-corrected chi connectivity index (χ0v) is 10.0. The fourth-order valence-corrected chi connectivity index (χ4v) is 2.08. The summed E-state index contributed by atoms with van der Waals surface area (Å²) >= 11 is 0. The van der Waals surface area contributed by atoms with Crippen molar-refractivity contribution in [1.82, 2.24) is 0 Å². The molecule has 0 heterocycles. The second kappa shape index (κ2) is 3.52. The number of aliphatic hydroxyl groups is 2. The first-order valence-corrected chi connectivity index (χ1v) is 5.02. The second-order valence-electron chi connectivity index (χ2n) is 4.21. The van der Waals surface area contributed by atoms with Crippen molar-refractivity contribution in [2.24, 2.45) is 0 Å². The highest BCUT2D eigenvalue weighted by Gasteiger charge is 2.44. The van der Waals surface area contributed by atoms with E-state index >= 15 is 0 Å². The Bertz CT molecular complexity index is 408. The molecule has 0 amide bonds. The number of terminal acetylenes is 2. The van der Waals surface area contributed by atoms with Crippen LogP contribution in [0.5, 0.6) is 0 Å². The minimum absolute atomic E-state index is 0.526. The third kappa shape index (κ3) is 1.25. The largest absolute Gasteiger partial charge is 0.370 e. The van der Waals surface area contributed by atoms with E-state index in [0.29, 0.717) is 22.3 Å². The van der Waals surface area contributed by atoms with Crippen LogP contribution in [0, 0.1) is 24.7 Å². The summed E-state index contributed by atoms with van der Waals surface area (Å²) in [4.78, 5) is 0. The fraction of sp³-hybridized carbons (Fsp3) is 0.429. The molecule has 0 aromatic heterocycles. The molecule has 0 atom stereocenters. The number of hydrogen-bond acceptors (Lipinski definition) is 2. The van der Waals surface area contributed by atoms with Crippen LogP contribution in [0.2, 0.25) is 0 Å². The molecule has 0 saturated heterocycles. The van der Waals surface area contributed by atoms with Gasteiger partial charge in [0, 0.05) is 0 Å². The summed E-state index contributed by atoms with van der Waals surface area (Å²) in [6.07, 6.45) is 10.7. The Morgan fingerprint density at radius 1 is 0.750 bits per heavy atom. The molecule has 0 aliphatic heterocycles. The predicted molar refractivity (Wildman–Crippen MR) is 64.3 cm³/mol. The average Bonchev–Trinajstić information content (AvgIpc) is 2.31. The summed E-state index contributed by atoms with van der Waals surface area (Å²) in [5.74, 6) is 4.73. The van der Waals surface area contributed by atoms with Crippen molar-refractivity contribution in [3.63, 3.8) is 0 Å². The van der Waals surface area contributed by atoms with Gasteiger partial charge in [-0.25, -0.2) is 0 Å². The molecule has 0 aromatic rings. The minimum atomic E-state index is -1.43. The molecule has 84 valence electrons. The van der Waals surface area contributed by atoms with Crippen molar-refractivity contribution in [2.45, 2.75) is 38.9 Å². The first-order valence-electron chi connectivity index (χ1n) is 5.02. The van der Waals surface area contributed by atoms with Gasteiger partial charge in [0.05, 0.1) is 0 Å². The van der Waals surface area contributed by atoms with Crippen molar-refractivity contribution in [1.29, 1.82) is 0 Å². The van der Waals surface area contributed by atoms with E-state index in [4.69, 9.17) is 12.8 Å². The smallest absolute Gasteiger partial charge is 0.168 e. The number of hydrogen-bond donors (Lipinski definition) is 2. The van der Waals surface area contributed by atoms with Crippen molar-refractivity contribution in [3.8, 4) is 24.7 Å². The summed E-state index contributed by atoms with van der Waals surface area (Å²) in [6, 6.07) is 0. The van der Waals surface area contributed by atoms with Gasteiger partial charge < -0.3 is 10.2 Å². The third-order valence-corrected chi connectivity index (χ3v) is 3.71. The topological polar surface area (TPSA) is 40.5 Å². The van der Waals surface area contributed by atoms with Gasteiger partial charge in [-0.05, 0) is 50.0 Å². The average molecular weight is 216 g/mol. The Kier molecular flexibility index (Phi) is 2.77. The highest BCUT2D eigenvalue weighted by Crippen LogP contribution is 2.42. The van der Waals surface area contributed by atoms with Gasteiger partial charge in [-0.15, -0.1) is 12.8 Å². The van der Waals surface area contributed by atoms with Crippen LogP contribution in [-0.4, -0.2) is 21.4 Å². The zero-order chi connectivity index (χ0) is 12.7. The lowest BCUT2D eigenvalue weighted by molar-refractivity contribution is 0.131. The maximum absolute atomic E-state index is 10.4. The van der Waals surface area contributed by atoms with E-state index in [-0.39, 0.29) is 0 Å². The maximum atomic E-state index is 10.4. The van der Waals surface area contributed by atoms with Crippen LogP contribution < -0.4 is 0 Å². The SMILES string of the molecule is C#CC1(O)C(C)=C(C)C(O)(C#C)C(C)=C1C. The van der Waals surface area contributed by atoms with Gasteiger partial charge in [-0.2, -0.15) is 0 Å². The zero-order valence-electron chi connectivity index (χ0n) is 10.0. The summed E-state index contributed by atoms with van der Waals surface area (Å²) in [6.45, 7) is 6.75. The maximum Gasteiger partial charge on any atom is 0.168 e. The Balaban J connectivity index is 3.66. The van der Waals surface area contributed by atoms with Crippen LogP contribution in [0.1, 0.15) is 27.7 Å². The van der Waals surface area contributed by atoms with Gasteiger partial charge in [0.1, 0.15) is 0 Å². The van der Waals surface area contributed by atoms with E-state index in [0.717, 1.165) is 0 Å².